The highest BCUT2D eigenvalue weighted by Crippen LogP contribution is 2.36. The summed E-state index contributed by atoms with van der Waals surface area (Å²) in [6.07, 6.45) is 1.47. The Morgan fingerprint density at radius 1 is 1.26 bits per heavy atom. The van der Waals surface area contributed by atoms with Gasteiger partial charge in [0.2, 0.25) is 0 Å². The van der Waals surface area contributed by atoms with E-state index >= 15 is 0 Å². The molecular weight excluding hydrogens is 358 g/mol. The summed E-state index contributed by atoms with van der Waals surface area (Å²) in [7, 11) is 0. The van der Waals surface area contributed by atoms with Gasteiger partial charge in [-0.3, -0.25) is 0 Å². The van der Waals surface area contributed by atoms with Crippen LogP contribution < -0.4 is 0 Å². The summed E-state index contributed by atoms with van der Waals surface area (Å²) in [6.45, 7) is 8.62. The van der Waals surface area contributed by atoms with Gasteiger partial charge >= 0.3 is 6.09 Å². The maximum atomic E-state index is 12.3. The molecule has 0 aromatic heterocycles. The maximum absolute atomic E-state index is 12.3. The first kappa shape index (κ1) is 18.3. The predicted octanol–water partition coefficient (Wildman–Crippen LogP) is 4.30. The van der Waals surface area contributed by atoms with Crippen molar-refractivity contribution in [2.75, 3.05) is 13.1 Å². The first-order valence-corrected chi connectivity index (χ1v) is 8.85. The van der Waals surface area contributed by atoms with E-state index in [2.05, 4.69) is 15.9 Å². The molecule has 23 heavy (non-hydrogen) atoms. The van der Waals surface area contributed by atoms with E-state index < -0.39 is 11.2 Å². The number of aliphatic hydroxyl groups is 1. The summed E-state index contributed by atoms with van der Waals surface area (Å²) in [5.41, 5.74) is -0.601. The highest BCUT2D eigenvalue weighted by atomic mass is 79.9. The van der Waals surface area contributed by atoms with Crippen LogP contribution >= 0.6 is 15.9 Å². The molecule has 1 amide bonds. The number of amides is 1. The number of halogens is 1. The van der Waals surface area contributed by atoms with Crippen LogP contribution in [-0.2, 0) is 10.3 Å². The minimum absolute atomic E-state index is 0.00931. The number of ether oxygens (including phenoxy) is 1. The van der Waals surface area contributed by atoms with Gasteiger partial charge in [0.1, 0.15) is 5.60 Å². The Hall–Kier alpha value is -1.07. The van der Waals surface area contributed by atoms with Crippen molar-refractivity contribution in [2.24, 2.45) is 5.92 Å². The molecule has 1 saturated heterocycles. The summed E-state index contributed by atoms with van der Waals surface area (Å²) in [5, 5.41) is 11.0. The zero-order valence-corrected chi connectivity index (χ0v) is 15.9. The average Bonchev–Trinajstić information content (AvgIpc) is 2.46. The SMILES string of the molecule is CC(C)(C)OC(=O)N1CCCC(C(C)(O)c2ccc(Br)cc2)C1. The lowest BCUT2D eigenvalue weighted by Crippen LogP contribution is -2.48. The highest BCUT2D eigenvalue weighted by molar-refractivity contribution is 9.10. The summed E-state index contributed by atoms with van der Waals surface area (Å²) < 4.78 is 6.44. The fourth-order valence-corrected chi connectivity index (χ4v) is 3.22. The van der Waals surface area contributed by atoms with Gasteiger partial charge in [-0.05, 0) is 58.2 Å². The van der Waals surface area contributed by atoms with Gasteiger partial charge in [0.05, 0.1) is 5.60 Å². The first-order valence-electron chi connectivity index (χ1n) is 8.06. The van der Waals surface area contributed by atoms with Crippen molar-refractivity contribution in [3.8, 4) is 0 Å². The monoisotopic (exact) mass is 383 g/mol. The number of likely N-dealkylation sites (tertiary alicyclic amines) is 1. The lowest BCUT2D eigenvalue weighted by Gasteiger charge is -2.41. The zero-order valence-electron chi connectivity index (χ0n) is 14.3. The van der Waals surface area contributed by atoms with E-state index in [-0.39, 0.29) is 12.0 Å². The molecule has 1 N–H and O–H groups in total. The Morgan fingerprint density at radius 2 is 1.87 bits per heavy atom. The standard InChI is InChI=1S/C18H26BrNO3/c1-17(2,3)23-16(21)20-11-5-6-14(12-20)18(4,22)13-7-9-15(19)10-8-13/h7-10,14,22H,5-6,11-12H2,1-4H3. The third-order valence-corrected chi connectivity index (χ3v) is 4.83. The molecule has 2 atom stereocenters. The second kappa shape index (κ2) is 6.81. The number of hydrogen-bond acceptors (Lipinski definition) is 3. The Morgan fingerprint density at radius 3 is 2.43 bits per heavy atom. The van der Waals surface area contributed by atoms with Gasteiger partial charge in [-0.15, -0.1) is 0 Å². The van der Waals surface area contributed by atoms with E-state index in [1.165, 1.54) is 0 Å². The molecule has 2 rings (SSSR count). The number of piperidine rings is 1. The van der Waals surface area contributed by atoms with Crippen LogP contribution in [0.2, 0.25) is 0 Å². The minimum Gasteiger partial charge on any atom is -0.444 e. The molecular formula is C18H26BrNO3. The Kier molecular flexibility index (Phi) is 5.41. The first-order chi connectivity index (χ1) is 10.6. The molecule has 0 saturated carbocycles. The van der Waals surface area contributed by atoms with Crippen LogP contribution in [-0.4, -0.2) is 34.8 Å². The second-order valence-corrected chi connectivity index (χ2v) is 8.34. The number of benzene rings is 1. The molecule has 1 heterocycles. The number of carbonyl (C=O) groups is 1. The maximum Gasteiger partial charge on any atom is 0.410 e. The molecule has 4 nitrogen and oxygen atoms in total. The van der Waals surface area contributed by atoms with Gasteiger partial charge in [0, 0.05) is 23.5 Å². The zero-order chi connectivity index (χ0) is 17.3. The third-order valence-electron chi connectivity index (χ3n) is 4.30. The molecule has 0 bridgehead atoms. The molecule has 1 fully saturated rings. The summed E-state index contributed by atoms with van der Waals surface area (Å²) in [4.78, 5) is 14.0. The van der Waals surface area contributed by atoms with Crippen LogP contribution in [0.3, 0.4) is 0 Å². The van der Waals surface area contributed by atoms with Gasteiger partial charge < -0.3 is 14.7 Å². The number of hydrogen-bond donors (Lipinski definition) is 1. The molecule has 0 spiro atoms. The molecule has 1 aliphatic heterocycles. The highest BCUT2D eigenvalue weighted by Gasteiger charge is 2.38. The molecule has 1 aromatic rings. The van der Waals surface area contributed by atoms with Crippen molar-refractivity contribution in [2.45, 2.75) is 51.7 Å². The summed E-state index contributed by atoms with van der Waals surface area (Å²) in [6, 6.07) is 7.71. The van der Waals surface area contributed by atoms with Crippen LogP contribution in [0.5, 0.6) is 0 Å². The Balaban J connectivity index is 2.10. The van der Waals surface area contributed by atoms with Gasteiger partial charge in [-0.2, -0.15) is 0 Å². The molecule has 1 aliphatic rings. The van der Waals surface area contributed by atoms with Crippen molar-refractivity contribution in [3.05, 3.63) is 34.3 Å². The lowest BCUT2D eigenvalue weighted by atomic mass is 9.78. The largest absolute Gasteiger partial charge is 0.444 e. The second-order valence-electron chi connectivity index (χ2n) is 7.42. The smallest absolute Gasteiger partial charge is 0.410 e. The van der Waals surface area contributed by atoms with Crippen LogP contribution in [0.1, 0.15) is 46.1 Å². The lowest BCUT2D eigenvalue weighted by molar-refractivity contribution is -0.0438. The van der Waals surface area contributed by atoms with Gasteiger partial charge in [0.25, 0.3) is 0 Å². The van der Waals surface area contributed by atoms with E-state index in [4.69, 9.17) is 4.74 Å². The van der Waals surface area contributed by atoms with Crippen molar-refractivity contribution >= 4 is 22.0 Å². The van der Waals surface area contributed by atoms with Crippen molar-refractivity contribution in [3.63, 3.8) is 0 Å². The molecule has 5 heteroatoms. The Bertz CT molecular complexity index is 548. The van der Waals surface area contributed by atoms with E-state index in [1.54, 1.807) is 4.90 Å². The van der Waals surface area contributed by atoms with E-state index in [9.17, 15) is 9.90 Å². The molecule has 2 unspecified atom stereocenters. The van der Waals surface area contributed by atoms with Crippen LogP contribution in [0.25, 0.3) is 0 Å². The topological polar surface area (TPSA) is 49.8 Å². The molecule has 0 radical (unpaired) electrons. The van der Waals surface area contributed by atoms with Crippen LogP contribution in [0.4, 0.5) is 4.79 Å². The van der Waals surface area contributed by atoms with E-state index in [1.807, 2.05) is 52.0 Å². The Labute approximate surface area is 147 Å². The number of carbonyl (C=O) groups excluding carboxylic acids is 1. The van der Waals surface area contributed by atoms with Crippen molar-refractivity contribution < 1.29 is 14.6 Å². The summed E-state index contributed by atoms with van der Waals surface area (Å²) in [5.74, 6) is -0.00931. The van der Waals surface area contributed by atoms with Gasteiger partial charge in [-0.1, -0.05) is 28.1 Å². The fraction of sp³-hybridized carbons (Fsp3) is 0.611. The molecule has 1 aromatic carbocycles. The third kappa shape index (κ3) is 4.70. The van der Waals surface area contributed by atoms with Gasteiger partial charge in [0.15, 0.2) is 0 Å². The fourth-order valence-electron chi connectivity index (χ4n) is 2.95. The van der Waals surface area contributed by atoms with Crippen LogP contribution in [0.15, 0.2) is 28.7 Å². The molecule has 128 valence electrons. The quantitative estimate of drug-likeness (QED) is 0.827. The summed E-state index contributed by atoms with van der Waals surface area (Å²) >= 11 is 3.41. The predicted molar refractivity (Wildman–Crippen MR) is 94.2 cm³/mol. The number of rotatable bonds is 2. The average molecular weight is 384 g/mol. The normalized spacial score (nSPS) is 21.7. The molecule has 0 aliphatic carbocycles. The van der Waals surface area contributed by atoms with E-state index in [0.29, 0.717) is 13.1 Å². The minimum atomic E-state index is -0.971. The van der Waals surface area contributed by atoms with Crippen LogP contribution in [0, 0.1) is 5.92 Å². The van der Waals surface area contributed by atoms with Crippen molar-refractivity contribution in [1.29, 1.82) is 0 Å². The van der Waals surface area contributed by atoms with Crippen molar-refractivity contribution in [1.82, 2.24) is 4.90 Å². The van der Waals surface area contributed by atoms with E-state index in [0.717, 1.165) is 22.9 Å². The number of nitrogens with zero attached hydrogens (tertiary/aromatic N) is 1. The van der Waals surface area contributed by atoms with Gasteiger partial charge in [-0.25, -0.2) is 4.79 Å².